The van der Waals surface area contributed by atoms with Crippen LogP contribution in [-0.2, 0) is 0 Å². The molecule has 0 radical (unpaired) electrons. The second-order valence-corrected chi connectivity index (χ2v) is 3.62. The summed E-state index contributed by atoms with van der Waals surface area (Å²) < 4.78 is 0.811. The second-order valence-electron chi connectivity index (χ2n) is 2.83. The molecule has 2 rings (SSSR count). The first kappa shape index (κ1) is 8.44. The summed E-state index contributed by atoms with van der Waals surface area (Å²) in [5, 5.41) is 7.77. The van der Waals surface area contributed by atoms with Crippen LogP contribution in [0, 0.1) is 0 Å². The van der Waals surface area contributed by atoms with E-state index in [4.69, 9.17) is 0 Å². The molecule has 0 amide bonds. The fourth-order valence-electron chi connectivity index (χ4n) is 1.20. The Morgan fingerprint density at radius 3 is 3.00 bits per heavy atom. The summed E-state index contributed by atoms with van der Waals surface area (Å²) >= 11 is 3.32. The first-order chi connectivity index (χ1) is 6.18. The van der Waals surface area contributed by atoms with Crippen molar-refractivity contribution in [1.82, 2.24) is 10.2 Å². The monoisotopic (exact) mass is 238 g/mol. The van der Waals surface area contributed by atoms with E-state index in [-0.39, 0.29) is 5.78 Å². The number of nitrogens with zero attached hydrogens (tertiary/aromatic N) is 1. The van der Waals surface area contributed by atoms with Gasteiger partial charge < -0.3 is 0 Å². The molecule has 0 spiro atoms. The van der Waals surface area contributed by atoms with E-state index >= 15 is 0 Å². The number of Topliss-reactive ketones (excluding diaryl/α,β-unsaturated/α-hetero) is 1. The van der Waals surface area contributed by atoms with Gasteiger partial charge in [-0.2, -0.15) is 5.10 Å². The van der Waals surface area contributed by atoms with Crippen molar-refractivity contribution in [3.63, 3.8) is 0 Å². The molecule has 1 aromatic heterocycles. The van der Waals surface area contributed by atoms with Crippen LogP contribution in [0.4, 0.5) is 0 Å². The van der Waals surface area contributed by atoms with E-state index in [0.29, 0.717) is 5.56 Å². The van der Waals surface area contributed by atoms with Gasteiger partial charge >= 0.3 is 0 Å². The Labute approximate surface area is 83.3 Å². The normalized spacial score (nSPS) is 10.6. The molecule has 0 aliphatic rings. The highest BCUT2D eigenvalue weighted by Gasteiger charge is 2.05. The molecule has 0 atom stereocenters. The molecule has 1 N–H and O–H groups in total. The predicted octanol–water partition coefficient (Wildman–Crippen LogP) is 2.53. The molecule has 0 unspecified atom stereocenters. The number of ketones is 1. The third-order valence-corrected chi connectivity index (χ3v) is 2.52. The fraction of sp³-hybridized carbons (Fsp3) is 0.111. The van der Waals surface area contributed by atoms with Crippen LogP contribution in [0.3, 0.4) is 0 Å². The average Bonchev–Trinajstić information content (AvgIpc) is 2.47. The van der Waals surface area contributed by atoms with E-state index in [1.54, 1.807) is 13.0 Å². The molecule has 66 valence electrons. The Bertz CT molecular complexity index is 475. The molecule has 1 aromatic carbocycles. The molecule has 0 bridgehead atoms. The van der Waals surface area contributed by atoms with Crippen LogP contribution < -0.4 is 0 Å². The minimum Gasteiger partial charge on any atom is -0.295 e. The van der Waals surface area contributed by atoms with E-state index in [1.807, 2.05) is 12.1 Å². The Morgan fingerprint density at radius 1 is 1.54 bits per heavy atom. The van der Waals surface area contributed by atoms with Gasteiger partial charge in [0.25, 0.3) is 0 Å². The van der Waals surface area contributed by atoms with E-state index in [9.17, 15) is 4.79 Å². The van der Waals surface area contributed by atoms with Gasteiger partial charge in [-0.1, -0.05) is 0 Å². The van der Waals surface area contributed by atoms with Gasteiger partial charge in [0.2, 0.25) is 0 Å². The molecule has 1 heterocycles. The molecular formula is C9H7BrN2O. The van der Waals surface area contributed by atoms with Crippen LogP contribution in [0.5, 0.6) is 0 Å². The Hall–Kier alpha value is -1.16. The molecule has 0 saturated carbocycles. The summed E-state index contributed by atoms with van der Waals surface area (Å²) in [5.74, 6) is 0.0648. The largest absolute Gasteiger partial charge is 0.295 e. The standard InChI is InChI=1S/C9H7BrN2O/c1-5(13)6-2-3-8-7(4-6)9(10)12-11-8/h2-4H,1H3,(H,11,12). The number of nitrogens with one attached hydrogen (secondary N) is 1. The summed E-state index contributed by atoms with van der Waals surface area (Å²) in [5.41, 5.74) is 1.56. The van der Waals surface area contributed by atoms with Crippen LogP contribution in [0.25, 0.3) is 10.9 Å². The maximum atomic E-state index is 11.1. The number of hydrogen-bond donors (Lipinski definition) is 1. The third kappa shape index (κ3) is 1.37. The maximum absolute atomic E-state index is 11.1. The summed E-state index contributed by atoms with van der Waals surface area (Å²) in [6.07, 6.45) is 0. The van der Waals surface area contributed by atoms with Crippen molar-refractivity contribution in [2.45, 2.75) is 6.92 Å². The summed E-state index contributed by atoms with van der Waals surface area (Å²) in [6, 6.07) is 5.43. The highest BCUT2D eigenvalue weighted by molar-refractivity contribution is 9.10. The number of hydrogen-bond acceptors (Lipinski definition) is 2. The zero-order chi connectivity index (χ0) is 9.42. The van der Waals surface area contributed by atoms with Crippen LogP contribution >= 0.6 is 15.9 Å². The van der Waals surface area contributed by atoms with E-state index in [1.165, 1.54) is 0 Å². The first-order valence-corrected chi connectivity index (χ1v) is 4.62. The molecule has 0 aliphatic carbocycles. The average molecular weight is 239 g/mol. The summed E-state index contributed by atoms with van der Waals surface area (Å²) in [4.78, 5) is 11.1. The smallest absolute Gasteiger partial charge is 0.159 e. The van der Waals surface area contributed by atoms with Gasteiger partial charge in [-0.05, 0) is 41.1 Å². The Balaban J connectivity index is 2.72. The van der Waals surface area contributed by atoms with Crippen LogP contribution in [0.1, 0.15) is 17.3 Å². The molecule has 4 heteroatoms. The highest BCUT2D eigenvalue weighted by Crippen LogP contribution is 2.21. The van der Waals surface area contributed by atoms with Gasteiger partial charge in [0, 0.05) is 10.9 Å². The van der Waals surface area contributed by atoms with Crippen molar-refractivity contribution in [2.75, 3.05) is 0 Å². The predicted molar refractivity (Wildman–Crippen MR) is 53.8 cm³/mol. The number of benzene rings is 1. The molecular weight excluding hydrogens is 232 g/mol. The van der Waals surface area contributed by atoms with Crippen molar-refractivity contribution < 1.29 is 4.79 Å². The summed E-state index contributed by atoms with van der Waals surface area (Å²) in [6.45, 7) is 1.55. The third-order valence-electron chi connectivity index (χ3n) is 1.91. The van der Waals surface area contributed by atoms with Gasteiger partial charge in [0.15, 0.2) is 5.78 Å². The minimum atomic E-state index is 0.0648. The molecule has 2 aromatic rings. The lowest BCUT2D eigenvalue weighted by molar-refractivity contribution is 0.101. The van der Waals surface area contributed by atoms with Crippen molar-refractivity contribution in [3.05, 3.63) is 28.4 Å². The SMILES string of the molecule is CC(=O)c1ccc2n[nH]c(Br)c2c1. The van der Waals surface area contributed by atoms with E-state index in [0.717, 1.165) is 15.5 Å². The maximum Gasteiger partial charge on any atom is 0.159 e. The minimum absolute atomic E-state index is 0.0648. The Kier molecular flexibility index (Phi) is 1.92. The molecule has 13 heavy (non-hydrogen) atoms. The van der Waals surface area contributed by atoms with Crippen molar-refractivity contribution in [3.8, 4) is 0 Å². The molecule has 3 nitrogen and oxygen atoms in total. The van der Waals surface area contributed by atoms with Gasteiger partial charge in [-0.25, -0.2) is 0 Å². The first-order valence-electron chi connectivity index (χ1n) is 3.83. The van der Waals surface area contributed by atoms with Crippen molar-refractivity contribution in [2.24, 2.45) is 0 Å². The van der Waals surface area contributed by atoms with Crippen LogP contribution in [0.15, 0.2) is 22.8 Å². The Morgan fingerprint density at radius 2 is 2.31 bits per heavy atom. The number of carbonyl (C=O) groups excluding carboxylic acids is 1. The summed E-state index contributed by atoms with van der Waals surface area (Å²) in [7, 11) is 0. The number of aromatic amines is 1. The van der Waals surface area contributed by atoms with E-state index < -0.39 is 0 Å². The number of fused-ring (bicyclic) bond motifs is 1. The topological polar surface area (TPSA) is 45.8 Å². The van der Waals surface area contributed by atoms with E-state index in [2.05, 4.69) is 26.1 Å². The second kappa shape index (κ2) is 2.96. The lowest BCUT2D eigenvalue weighted by atomic mass is 10.1. The van der Waals surface area contributed by atoms with Gasteiger partial charge in [0.05, 0.1) is 5.52 Å². The highest BCUT2D eigenvalue weighted by atomic mass is 79.9. The zero-order valence-electron chi connectivity index (χ0n) is 6.97. The van der Waals surface area contributed by atoms with Gasteiger partial charge in [-0.3, -0.25) is 9.89 Å². The number of H-pyrrole nitrogens is 1. The lowest BCUT2D eigenvalue weighted by Crippen LogP contribution is -1.90. The number of aromatic nitrogens is 2. The molecule has 0 aliphatic heterocycles. The fourth-order valence-corrected chi connectivity index (χ4v) is 1.60. The number of rotatable bonds is 1. The van der Waals surface area contributed by atoms with Crippen LogP contribution in [-0.4, -0.2) is 16.0 Å². The zero-order valence-corrected chi connectivity index (χ0v) is 8.55. The number of carbonyl (C=O) groups is 1. The van der Waals surface area contributed by atoms with Gasteiger partial charge in [0.1, 0.15) is 4.60 Å². The number of halogens is 1. The quantitative estimate of drug-likeness (QED) is 0.777. The molecule has 0 saturated heterocycles. The molecule has 0 fully saturated rings. The van der Waals surface area contributed by atoms with Crippen LogP contribution in [0.2, 0.25) is 0 Å². The van der Waals surface area contributed by atoms with Crippen molar-refractivity contribution in [1.29, 1.82) is 0 Å². The van der Waals surface area contributed by atoms with Gasteiger partial charge in [-0.15, -0.1) is 0 Å². The van der Waals surface area contributed by atoms with Crippen molar-refractivity contribution >= 4 is 32.6 Å². The lowest BCUT2D eigenvalue weighted by Gasteiger charge is -1.94.